The number of hydrogen-bond donors (Lipinski definition) is 2. The van der Waals surface area contributed by atoms with Crippen molar-refractivity contribution in [2.45, 2.75) is 13.0 Å². The van der Waals surface area contributed by atoms with Gasteiger partial charge in [0.05, 0.1) is 18.4 Å². The number of benzene rings is 2. The lowest BCUT2D eigenvalue weighted by atomic mass is 9.95. The van der Waals surface area contributed by atoms with Crippen LogP contribution >= 0.6 is 11.6 Å². The lowest BCUT2D eigenvalue weighted by Crippen LogP contribution is -2.31. The number of nitrogens with one attached hydrogen (secondary N) is 2. The molecule has 0 aliphatic carbocycles. The molecule has 34 heavy (non-hydrogen) atoms. The molecule has 170 valence electrons. The van der Waals surface area contributed by atoms with Gasteiger partial charge in [0, 0.05) is 34.2 Å². The number of methoxy groups -OCH3 is 1. The monoisotopic (exact) mass is 472 g/mol. The Labute approximate surface area is 201 Å². The molecule has 4 aromatic rings. The molecule has 1 atom stereocenters. The fraction of sp³-hybridized carbons (Fsp3) is 0.120. The maximum absolute atomic E-state index is 13.6. The molecule has 5 rings (SSSR count). The van der Waals surface area contributed by atoms with Gasteiger partial charge in [-0.1, -0.05) is 41.9 Å². The first-order valence-corrected chi connectivity index (χ1v) is 11.0. The number of hydrogen-bond acceptors (Lipinski definition) is 6. The number of rotatable bonds is 5. The summed E-state index contributed by atoms with van der Waals surface area (Å²) in [7, 11) is 1.56. The smallest absolute Gasteiger partial charge is 0.255 e. The van der Waals surface area contributed by atoms with Gasteiger partial charge in [-0.15, -0.1) is 5.10 Å². The van der Waals surface area contributed by atoms with Gasteiger partial charge >= 0.3 is 0 Å². The number of anilines is 2. The van der Waals surface area contributed by atoms with Crippen LogP contribution < -0.4 is 15.4 Å². The molecule has 3 heterocycles. The first-order valence-electron chi connectivity index (χ1n) is 10.6. The van der Waals surface area contributed by atoms with Crippen molar-refractivity contribution in [1.82, 2.24) is 19.7 Å². The van der Waals surface area contributed by atoms with Gasteiger partial charge in [-0.05, 0) is 37.3 Å². The maximum atomic E-state index is 13.6. The summed E-state index contributed by atoms with van der Waals surface area (Å²) in [5, 5.41) is 11.5. The Hall–Kier alpha value is -4.17. The third-order valence-corrected chi connectivity index (χ3v) is 5.92. The van der Waals surface area contributed by atoms with E-state index >= 15 is 0 Å². The van der Waals surface area contributed by atoms with Crippen LogP contribution in [0.3, 0.4) is 0 Å². The van der Waals surface area contributed by atoms with Crippen molar-refractivity contribution in [1.29, 1.82) is 0 Å². The highest BCUT2D eigenvalue weighted by molar-refractivity contribution is 6.31. The molecule has 1 amide bonds. The minimum atomic E-state index is -0.599. The molecule has 1 unspecified atom stereocenters. The van der Waals surface area contributed by atoms with Crippen LogP contribution in [-0.2, 0) is 4.79 Å². The van der Waals surface area contributed by atoms with Crippen LogP contribution in [0, 0.1) is 0 Å². The Bertz CT molecular complexity index is 1400. The Morgan fingerprint density at radius 3 is 2.68 bits per heavy atom. The molecule has 2 N–H and O–H groups in total. The molecular formula is C25H21ClN6O2. The van der Waals surface area contributed by atoms with Gasteiger partial charge < -0.3 is 15.4 Å². The number of carbonyl (C=O) groups is 1. The molecule has 2 aromatic carbocycles. The van der Waals surface area contributed by atoms with Crippen LogP contribution in [0.5, 0.6) is 5.75 Å². The van der Waals surface area contributed by atoms with E-state index in [9.17, 15) is 4.79 Å². The highest BCUT2D eigenvalue weighted by Crippen LogP contribution is 2.39. The summed E-state index contributed by atoms with van der Waals surface area (Å²) in [5.41, 5.74) is 3.18. The van der Waals surface area contributed by atoms with E-state index in [-0.39, 0.29) is 5.91 Å². The molecule has 0 radical (unpaired) electrons. The zero-order valence-corrected chi connectivity index (χ0v) is 19.2. The van der Waals surface area contributed by atoms with E-state index < -0.39 is 6.04 Å². The number of para-hydroxylation sites is 2. The molecule has 1 aliphatic heterocycles. The zero-order chi connectivity index (χ0) is 23.7. The van der Waals surface area contributed by atoms with Gasteiger partial charge in [-0.3, -0.25) is 9.78 Å². The molecule has 0 fully saturated rings. The number of nitrogens with zero attached hydrogens (tertiary/aromatic N) is 4. The summed E-state index contributed by atoms with van der Waals surface area (Å²) in [6.07, 6.45) is 3.39. The number of aromatic nitrogens is 4. The van der Waals surface area contributed by atoms with Crippen LogP contribution in [0.25, 0.3) is 11.4 Å². The number of fused-ring (bicyclic) bond motifs is 1. The number of amides is 1. The summed E-state index contributed by atoms with van der Waals surface area (Å²) in [5.74, 6) is 1.26. The van der Waals surface area contributed by atoms with Gasteiger partial charge in [0.25, 0.3) is 5.91 Å². The van der Waals surface area contributed by atoms with E-state index in [1.807, 2.05) is 49.4 Å². The predicted molar refractivity (Wildman–Crippen MR) is 131 cm³/mol. The number of halogens is 1. The Morgan fingerprint density at radius 2 is 1.91 bits per heavy atom. The summed E-state index contributed by atoms with van der Waals surface area (Å²) in [6, 6.07) is 17.8. The highest BCUT2D eigenvalue weighted by Gasteiger charge is 2.35. The van der Waals surface area contributed by atoms with E-state index in [1.165, 1.54) is 0 Å². The molecule has 0 saturated heterocycles. The maximum Gasteiger partial charge on any atom is 0.255 e. The van der Waals surface area contributed by atoms with Crippen molar-refractivity contribution in [2.75, 3.05) is 17.7 Å². The number of carbonyl (C=O) groups excluding carboxylic acids is 1. The van der Waals surface area contributed by atoms with Crippen molar-refractivity contribution in [3.63, 3.8) is 0 Å². The average Bonchev–Trinajstić information content (AvgIpc) is 3.28. The Morgan fingerprint density at radius 1 is 1.12 bits per heavy atom. The molecule has 0 bridgehead atoms. The van der Waals surface area contributed by atoms with Gasteiger partial charge in [0.1, 0.15) is 11.8 Å². The summed E-state index contributed by atoms with van der Waals surface area (Å²) < 4.78 is 7.09. The second kappa shape index (κ2) is 8.99. The quantitative estimate of drug-likeness (QED) is 0.427. The fourth-order valence-corrected chi connectivity index (χ4v) is 4.22. The van der Waals surface area contributed by atoms with E-state index in [0.29, 0.717) is 39.5 Å². The normalized spacial score (nSPS) is 14.9. The van der Waals surface area contributed by atoms with E-state index in [1.54, 1.807) is 42.4 Å². The van der Waals surface area contributed by atoms with Crippen molar-refractivity contribution in [3.8, 4) is 17.1 Å². The first-order chi connectivity index (χ1) is 16.6. The minimum Gasteiger partial charge on any atom is -0.495 e. The topological polar surface area (TPSA) is 94.0 Å². The number of allylic oxidation sites excluding steroid dienone is 1. The van der Waals surface area contributed by atoms with Gasteiger partial charge in [-0.25, -0.2) is 4.68 Å². The molecule has 0 spiro atoms. The largest absolute Gasteiger partial charge is 0.495 e. The van der Waals surface area contributed by atoms with Crippen molar-refractivity contribution in [2.24, 2.45) is 0 Å². The lowest BCUT2D eigenvalue weighted by Gasteiger charge is -2.29. The van der Waals surface area contributed by atoms with Crippen LogP contribution in [0.2, 0.25) is 5.02 Å². The highest BCUT2D eigenvalue weighted by atomic mass is 35.5. The standard InChI is InChI=1S/C25H21ClN6O2/c1-15-21(24(33)29-19-11-5-6-12-20(19)34-2)22(17-9-3-4-10-18(17)26)32-25(28-15)30-23(31-32)16-8-7-13-27-14-16/h3-14,22H,1-2H3,(H,29,33)(H,28,30,31). The number of pyridine rings is 1. The Kier molecular flexibility index (Phi) is 5.73. The molecule has 1 aliphatic rings. The van der Waals surface area contributed by atoms with Crippen LogP contribution in [0.4, 0.5) is 11.6 Å². The van der Waals surface area contributed by atoms with Crippen LogP contribution in [-0.4, -0.2) is 32.8 Å². The molecule has 2 aromatic heterocycles. The van der Waals surface area contributed by atoms with Crippen LogP contribution in [0.1, 0.15) is 18.5 Å². The predicted octanol–water partition coefficient (Wildman–Crippen LogP) is 4.93. The molecule has 8 nitrogen and oxygen atoms in total. The van der Waals surface area contributed by atoms with Crippen LogP contribution in [0.15, 0.2) is 84.3 Å². The third kappa shape index (κ3) is 3.88. The second-order valence-electron chi connectivity index (χ2n) is 7.69. The number of ether oxygens (including phenoxy) is 1. The fourth-order valence-electron chi connectivity index (χ4n) is 3.98. The minimum absolute atomic E-state index is 0.302. The van der Waals surface area contributed by atoms with Crippen molar-refractivity contribution >= 4 is 29.1 Å². The van der Waals surface area contributed by atoms with Gasteiger partial charge in [-0.2, -0.15) is 4.98 Å². The van der Waals surface area contributed by atoms with Crippen molar-refractivity contribution in [3.05, 3.63) is 94.9 Å². The first kappa shape index (κ1) is 21.7. The van der Waals surface area contributed by atoms with Gasteiger partial charge in [0.2, 0.25) is 5.95 Å². The SMILES string of the molecule is COc1ccccc1NC(=O)C1=C(C)Nc2nc(-c3cccnc3)nn2C1c1ccccc1Cl. The second-order valence-corrected chi connectivity index (χ2v) is 8.09. The Balaban J connectivity index is 1.62. The van der Waals surface area contributed by atoms with E-state index in [0.717, 1.165) is 11.1 Å². The molecule has 9 heteroatoms. The third-order valence-electron chi connectivity index (χ3n) is 5.57. The zero-order valence-electron chi connectivity index (χ0n) is 18.5. The summed E-state index contributed by atoms with van der Waals surface area (Å²) in [4.78, 5) is 22.5. The summed E-state index contributed by atoms with van der Waals surface area (Å²) in [6.45, 7) is 1.84. The lowest BCUT2D eigenvalue weighted by molar-refractivity contribution is -0.113. The van der Waals surface area contributed by atoms with Gasteiger partial charge in [0.15, 0.2) is 5.82 Å². The molecule has 0 saturated carbocycles. The molecular weight excluding hydrogens is 452 g/mol. The van der Waals surface area contributed by atoms with E-state index in [4.69, 9.17) is 21.4 Å². The average molecular weight is 473 g/mol. The summed E-state index contributed by atoms with van der Waals surface area (Å²) >= 11 is 6.61. The van der Waals surface area contributed by atoms with E-state index in [2.05, 4.69) is 20.6 Å². The van der Waals surface area contributed by atoms with Crippen molar-refractivity contribution < 1.29 is 9.53 Å².